The molecule has 0 amide bonds. The summed E-state index contributed by atoms with van der Waals surface area (Å²) in [6.07, 6.45) is -15.6. The van der Waals surface area contributed by atoms with E-state index in [1.54, 1.807) is 9.78 Å². The van der Waals surface area contributed by atoms with E-state index in [1.165, 1.54) is 0 Å². The summed E-state index contributed by atoms with van der Waals surface area (Å²) in [4.78, 5) is 3.12. The summed E-state index contributed by atoms with van der Waals surface area (Å²) in [6.45, 7) is 0. The quantitative estimate of drug-likeness (QED) is 0.0805. The van der Waals surface area contributed by atoms with Crippen molar-refractivity contribution in [3.63, 3.8) is 0 Å². The third-order valence-corrected chi connectivity index (χ3v) is 6.67. The van der Waals surface area contributed by atoms with Crippen molar-refractivity contribution in [1.82, 2.24) is 0 Å². The second-order valence-corrected chi connectivity index (χ2v) is 9.82. The van der Waals surface area contributed by atoms with Crippen molar-refractivity contribution in [2.24, 2.45) is 0 Å². The first kappa shape index (κ1) is 40.3. The standard InChI is InChI=1S/C12Cl6F20O2/c13-1(19,5(23,24)3(15,21)9(17,31)32)7(27,28)11(35,36)39-40-12(37,38)8(29,30)2(14,20)6(25,26)4(16,22)10(18,33)34. The van der Waals surface area contributed by atoms with Crippen LogP contribution in [0.3, 0.4) is 0 Å². The molecule has 242 valence electrons. The maximum absolute atomic E-state index is 13.9. The van der Waals surface area contributed by atoms with Gasteiger partial charge in [0.25, 0.3) is 0 Å². The molecule has 0 aliphatic carbocycles. The molecule has 0 bridgehead atoms. The molecule has 0 aromatic rings. The fourth-order valence-corrected chi connectivity index (χ4v) is 2.79. The van der Waals surface area contributed by atoms with Crippen LogP contribution < -0.4 is 0 Å². The first-order valence-corrected chi connectivity index (χ1v) is 10.3. The van der Waals surface area contributed by atoms with Crippen LogP contribution in [0.5, 0.6) is 0 Å². The Morgan fingerprint density at radius 3 is 0.600 bits per heavy atom. The Bertz CT molecular complexity index is 852. The highest BCUT2D eigenvalue weighted by Crippen LogP contribution is 2.65. The fourth-order valence-electron chi connectivity index (χ4n) is 1.72. The molecule has 0 aromatic heterocycles. The van der Waals surface area contributed by atoms with E-state index in [1.807, 2.05) is 0 Å². The lowest BCUT2D eigenvalue weighted by Gasteiger charge is -2.42. The van der Waals surface area contributed by atoms with Gasteiger partial charge in [-0.05, 0) is 23.2 Å². The van der Waals surface area contributed by atoms with Gasteiger partial charge < -0.3 is 0 Å². The molecule has 4 unspecified atom stereocenters. The molecule has 0 radical (unpaired) electrons. The maximum atomic E-state index is 13.9. The van der Waals surface area contributed by atoms with Gasteiger partial charge in [-0.3, -0.25) is 0 Å². The molecule has 40 heavy (non-hydrogen) atoms. The van der Waals surface area contributed by atoms with Gasteiger partial charge in [0.1, 0.15) is 0 Å². The SMILES string of the molecule is FC(F)(Cl)C(F)(Cl)C(F)(F)C(F)(Cl)C(F)(F)C(F)(F)OOC(F)(F)C(F)(F)C(F)(Cl)C(F)(F)C(F)(Cl)C(F)(F)Cl. The van der Waals surface area contributed by atoms with Crippen molar-refractivity contribution in [3.05, 3.63) is 0 Å². The summed E-state index contributed by atoms with van der Waals surface area (Å²) in [7, 11) is 0. The molecule has 0 rings (SSSR count). The molecule has 0 fully saturated rings. The van der Waals surface area contributed by atoms with Crippen LogP contribution in [0.4, 0.5) is 87.8 Å². The van der Waals surface area contributed by atoms with Crippen LogP contribution in [-0.4, -0.2) is 67.2 Å². The van der Waals surface area contributed by atoms with Crippen LogP contribution in [-0.2, 0) is 9.78 Å². The number of halogens is 26. The first-order valence-electron chi connectivity index (χ1n) is 7.99. The molecule has 0 saturated carbocycles. The largest absolute Gasteiger partial charge is 0.450 e. The second-order valence-electron chi connectivity index (χ2n) is 6.79. The zero-order chi connectivity index (χ0) is 33.4. The van der Waals surface area contributed by atoms with Crippen LogP contribution in [0.15, 0.2) is 0 Å². The van der Waals surface area contributed by atoms with Crippen molar-refractivity contribution in [3.8, 4) is 0 Å². The number of hydrogen-bond donors (Lipinski definition) is 0. The topological polar surface area (TPSA) is 18.5 Å². The van der Waals surface area contributed by atoms with E-state index in [2.05, 4.69) is 69.6 Å². The predicted octanol–water partition coefficient (Wildman–Crippen LogP) is 9.94. The Hall–Kier alpha value is 0.260. The third kappa shape index (κ3) is 5.62. The van der Waals surface area contributed by atoms with Gasteiger partial charge in [0.2, 0.25) is 0 Å². The monoisotopic (exact) mass is 766 g/mol. The maximum Gasteiger partial charge on any atom is 0.450 e. The van der Waals surface area contributed by atoms with Crippen LogP contribution in [0.1, 0.15) is 0 Å². The molecule has 0 N–H and O–H groups in total. The van der Waals surface area contributed by atoms with Crippen molar-refractivity contribution in [2.45, 2.75) is 67.2 Å². The highest BCUT2D eigenvalue weighted by Gasteiger charge is 2.90. The van der Waals surface area contributed by atoms with E-state index in [0.29, 0.717) is 0 Å². The van der Waals surface area contributed by atoms with Crippen molar-refractivity contribution >= 4 is 69.6 Å². The van der Waals surface area contributed by atoms with Crippen LogP contribution >= 0.6 is 69.6 Å². The molecule has 2 nitrogen and oxygen atoms in total. The molecule has 0 aromatic carbocycles. The average molecular weight is 769 g/mol. The Balaban J connectivity index is 6.57. The van der Waals surface area contributed by atoms with Crippen molar-refractivity contribution in [2.75, 3.05) is 0 Å². The summed E-state index contributed by atoms with van der Waals surface area (Å²) in [6, 6.07) is 0. The molecule has 0 spiro atoms. The molecular weight excluding hydrogens is 769 g/mol. The van der Waals surface area contributed by atoms with E-state index in [9.17, 15) is 87.8 Å². The highest BCUT2D eigenvalue weighted by atomic mass is 35.5. The minimum absolute atomic E-state index is 1.56. The summed E-state index contributed by atoms with van der Waals surface area (Å²) >= 11 is 22.3. The van der Waals surface area contributed by atoms with Gasteiger partial charge in [0.15, 0.2) is 0 Å². The lowest BCUT2D eigenvalue weighted by Crippen LogP contribution is -2.70. The van der Waals surface area contributed by atoms with Gasteiger partial charge in [-0.2, -0.15) is 80.0 Å². The molecule has 0 aliphatic rings. The van der Waals surface area contributed by atoms with E-state index in [0.717, 1.165) is 0 Å². The van der Waals surface area contributed by atoms with Gasteiger partial charge in [-0.15, -0.1) is 0 Å². The Kier molecular flexibility index (Phi) is 10.5. The lowest BCUT2D eigenvalue weighted by atomic mass is 10.0. The number of rotatable bonds is 13. The van der Waals surface area contributed by atoms with E-state index in [-0.39, 0.29) is 0 Å². The molecular formula is C12Cl6F20O2. The van der Waals surface area contributed by atoms with Crippen LogP contribution in [0.2, 0.25) is 0 Å². The summed E-state index contributed by atoms with van der Waals surface area (Å²) in [5.41, 5.74) is 0. The Morgan fingerprint density at radius 1 is 0.275 bits per heavy atom. The van der Waals surface area contributed by atoms with Gasteiger partial charge in [0.05, 0.1) is 0 Å². The number of alkyl halides is 26. The normalized spacial score (nSPS) is 21.8. The molecule has 0 heterocycles. The minimum Gasteiger partial charge on any atom is -0.212 e. The van der Waals surface area contributed by atoms with Crippen molar-refractivity contribution < 1.29 is 97.6 Å². The van der Waals surface area contributed by atoms with E-state index < -0.39 is 67.2 Å². The lowest BCUT2D eigenvalue weighted by molar-refractivity contribution is -0.578. The zero-order valence-corrected chi connectivity index (χ0v) is 21.2. The summed E-state index contributed by atoms with van der Waals surface area (Å²) in [5.74, 6) is -31.1. The molecule has 0 aliphatic heterocycles. The Morgan fingerprint density at radius 2 is 0.450 bits per heavy atom. The van der Waals surface area contributed by atoms with Gasteiger partial charge >= 0.3 is 67.2 Å². The fraction of sp³-hybridized carbons (Fsp3) is 1.00. The Labute approximate surface area is 234 Å². The van der Waals surface area contributed by atoms with E-state index >= 15 is 0 Å². The molecule has 4 atom stereocenters. The van der Waals surface area contributed by atoms with E-state index in [4.69, 9.17) is 0 Å². The zero-order valence-electron chi connectivity index (χ0n) is 16.6. The summed E-state index contributed by atoms with van der Waals surface area (Å²) in [5, 5.41) is -41.0. The molecule has 0 saturated heterocycles. The molecule has 28 heteroatoms. The summed E-state index contributed by atoms with van der Waals surface area (Å²) < 4.78 is 269. The van der Waals surface area contributed by atoms with Gasteiger partial charge in [-0.1, -0.05) is 46.4 Å². The van der Waals surface area contributed by atoms with Crippen molar-refractivity contribution in [1.29, 1.82) is 0 Å². The third-order valence-electron chi connectivity index (χ3n) is 4.06. The van der Waals surface area contributed by atoms with Crippen LogP contribution in [0, 0.1) is 0 Å². The first-order chi connectivity index (χ1) is 16.7. The highest BCUT2D eigenvalue weighted by molar-refractivity contribution is 6.35. The number of hydrogen-bond acceptors (Lipinski definition) is 2. The van der Waals surface area contributed by atoms with Gasteiger partial charge in [-0.25, -0.2) is 17.6 Å². The minimum atomic E-state index is -7.96. The van der Waals surface area contributed by atoms with Gasteiger partial charge in [0, 0.05) is 0 Å². The van der Waals surface area contributed by atoms with Crippen LogP contribution in [0.25, 0.3) is 0 Å². The average Bonchev–Trinajstić information content (AvgIpc) is 2.69. The smallest absolute Gasteiger partial charge is 0.212 e. The predicted molar refractivity (Wildman–Crippen MR) is 92.2 cm³/mol. The second kappa shape index (κ2) is 10.4.